The SMILES string of the molecule is CCc1ccc(-c2cccc(NC(=O)OC(C)(C)C)n2)cc1. The summed E-state index contributed by atoms with van der Waals surface area (Å²) >= 11 is 0. The van der Waals surface area contributed by atoms with Gasteiger partial charge in [0, 0.05) is 5.56 Å². The van der Waals surface area contributed by atoms with Gasteiger partial charge < -0.3 is 4.74 Å². The Morgan fingerprint density at radius 3 is 2.41 bits per heavy atom. The summed E-state index contributed by atoms with van der Waals surface area (Å²) in [7, 11) is 0. The molecule has 2 rings (SSSR count). The Hall–Kier alpha value is -2.36. The highest BCUT2D eigenvalue weighted by Gasteiger charge is 2.16. The van der Waals surface area contributed by atoms with Crippen molar-refractivity contribution in [3.05, 3.63) is 48.0 Å². The fourth-order valence-electron chi connectivity index (χ4n) is 1.98. The van der Waals surface area contributed by atoms with Gasteiger partial charge in [-0.2, -0.15) is 0 Å². The first-order valence-electron chi connectivity index (χ1n) is 7.44. The van der Waals surface area contributed by atoms with Crippen LogP contribution in [0.15, 0.2) is 42.5 Å². The fourth-order valence-corrected chi connectivity index (χ4v) is 1.98. The van der Waals surface area contributed by atoms with Crippen LogP contribution in [0.1, 0.15) is 33.3 Å². The predicted molar refractivity (Wildman–Crippen MR) is 88.9 cm³/mol. The molecule has 0 bridgehead atoms. The number of rotatable bonds is 3. The van der Waals surface area contributed by atoms with Crippen LogP contribution >= 0.6 is 0 Å². The molecular weight excluding hydrogens is 276 g/mol. The summed E-state index contributed by atoms with van der Waals surface area (Å²) in [5, 5.41) is 2.66. The van der Waals surface area contributed by atoms with Crippen LogP contribution in [0.25, 0.3) is 11.3 Å². The Morgan fingerprint density at radius 1 is 1.14 bits per heavy atom. The van der Waals surface area contributed by atoms with Crippen molar-refractivity contribution in [1.29, 1.82) is 0 Å². The first-order valence-corrected chi connectivity index (χ1v) is 7.44. The smallest absolute Gasteiger partial charge is 0.413 e. The van der Waals surface area contributed by atoms with E-state index in [4.69, 9.17) is 4.74 Å². The Labute approximate surface area is 131 Å². The molecule has 0 aliphatic rings. The molecule has 4 nitrogen and oxygen atoms in total. The zero-order valence-corrected chi connectivity index (χ0v) is 13.5. The Morgan fingerprint density at radius 2 is 1.82 bits per heavy atom. The molecule has 0 aliphatic heterocycles. The number of ether oxygens (including phenoxy) is 1. The average Bonchev–Trinajstić information content (AvgIpc) is 2.45. The number of carbonyl (C=O) groups excluding carboxylic acids is 1. The summed E-state index contributed by atoms with van der Waals surface area (Å²) < 4.78 is 5.23. The first kappa shape index (κ1) is 16.0. The molecule has 0 aliphatic carbocycles. The molecule has 116 valence electrons. The van der Waals surface area contributed by atoms with Gasteiger partial charge in [0.25, 0.3) is 0 Å². The van der Waals surface area contributed by atoms with Crippen LogP contribution in [0, 0.1) is 0 Å². The monoisotopic (exact) mass is 298 g/mol. The maximum Gasteiger partial charge on any atom is 0.413 e. The van der Waals surface area contributed by atoms with E-state index in [-0.39, 0.29) is 0 Å². The second-order valence-electron chi connectivity index (χ2n) is 6.09. The van der Waals surface area contributed by atoms with Crippen LogP contribution < -0.4 is 5.32 Å². The molecule has 0 spiro atoms. The van der Waals surface area contributed by atoms with Crippen molar-refractivity contribution in [3.63, 3.8) is 0 Å². The molecule has 0 saturated carbocycles. The van der Waals surface area contributed by atoms with Gasteiger partial charge in [-0.25, -0.2) is 9.78 Å². The van der Waals surface area contributed by atoms with Crippen LogP contribution in [0.4, 0.5) is 10.6 Å². The topological polar surface area (TPSA) is 51.2 Å². The van der Waals surface area contributed by atoms with Gasteiger partial charge in [-0.3, -0.25) is 5.32 Å². The zero-order chi connectivity index (χ0) is 16.2. The van der Waals surface area contributed by atoms with E-state index in [0.29, 0.717) is 5.82 Å². The number of amides is 1. The number of hydrogen-bond donors (Lipinski definition) is 1. The van der Waals surface area contributed by atoms with Gasteiger partial charge in [0.2, 0.25) is 0 Å². The molecule has 0 fully saturated rings. The summed E-state index contributed by atoms with van der Waals surface area (Å²) in [6.45, 7) is 7.60. The van der Waals surface area contributed by atoms with E-state index < -0.39 is 11.7 Å². The van der Waals surface area contributed by atoms with E-state index in [1.54, 1.807) is 6.07 Å². The van der Waals surface area contributed by atoms with Gasteiger partial charge in [-0.1, -0.05) is 37.3 Å². The summed E-state index contributed by atoms with van der Waals surface area (Å²) in [6, 6.07) is 13.8. The van der Waals surface area contributed by atoms with Crippen molar-refractivity contribution < 1.29 is 9.53 Å². The number of carbonyl (C=O) groups is 1. The first-order chi connectivity index (χ1) is 10.4. The Balaban J connectivity index is 2.14. The van der Waals surface area contributed by atoms with Crippen LogP contribution in [0.2, 0.25) is 0 Å². The highest BCUT2D eigenvalue weighted by molar-refractivity contribution is 5.84. The van der Waals surface area contributed by atoms with E-state index in [1.807, 2.05) is 45.0 Å². The predicted octanol–water partition coefficient (Wildman–Crippen LogP) is 4.66. The summed E-state index contributed by atoms with van der Waals surface area (Å²) in [6.07, 6.45) is 0.506. The molecule has 22 heavy (non-hydrogen) atoms. The van der Waals surface area contributed by atoms with Gasteiger partial charge in [0.1, 0.15) is 11.4 Å². The van der Waals surface area contributed by atoms with Crippen LogP contribution in [-0.2, 0) is 11.2 Å². The molecule has 0 saturated heterocycles. The molecule has 0 radical (unpaired) electrons. The molecule has 0 unspecified atom stereocenters. The van der Waals surface area contributed by atoms with Gasteiger partial charge in [-0.05, 0) is 44.9 Å². The maximum absolute atomic E-state index is 11.8. The van der Waals surface area contributed by atoms with Crippen molar-refractivity contribution in [2.75, 3.05) is 5.32 Å². The fraction of sp³-hybridized carbons (Fsp3) is 0.333. The van der Waals surface area contributed by atoms with Crippen LogP contribution in [0.5, 0.6) is 0 Å². The van der Waals surface area contributed by atoms with Crippen molar-refractivity contribution in [3.8, 4) is 11.3 Å². The molecule has 1 heterocycles. The van der Waals surface area contributed by atoms with Gasteiger partial charge >= 0.3 is 6.09 Å². The number of anilines is 1. The van der Waals surface area contributed by atoms with Crippen LogP contribution in [-0.4, -0.2) is 16.7 Å². The average molecular weight is 298 g/mol. The quantitative estimate of drug-likeness (QED) is 0.896. The third-order valence-corrected chi connectivity index (χ3v) is 3.04. The number of benzene rings is 1. The van der Waals surface area contributed by atoms with E-state index in [9.17, 15) is 4.79 Å². The zero-order valence-electron chi connectivity index (χ0n) is 13.5. The van der Waals surface area contributed by atoms with Crippen molar-refractivity contribution in [2.45, 2.75) is 39.7 Å². The van der Waals surface area contributed by atoms with Crippen molar-refractivity contribution in [1.82, 2.24) is 4.98 Å². The molecule has 1 aromatic heterocycles. The lowest BCUT2D eigenvalue weighted by molar-refractivity contribution is 0.0635. The normalized spacial score (nSPS) is 11.1. The Kier molecular flexibility index (Phi) is 4.81. The van der Waals surface area contributed by atoms with E-state index >= 15 is 0 Å². The standard InChI is InChI=1S/C18H22N2O2/c1-5-13-9-11-14(12-10-13)15-7-6-8-16(19-15)20-17(21)22-18(2,3)4/h6-12H,5H2,1-4H3,(H,19,20,21). The minimum absolute atomic E-state index is 0.478. The van der Waals surface area contributed by atoms with E-state index in [1.165, 1.54) is 5.56 Å². The van der Waals surface area contributed by atoms with E-state index in [0.717, 1.165) is 17.7 Å². The molecular formula is C18H22N2O2. The molecule has 1 aromatic carbocycles. The lowest BCUT2D eigenvalue weighted by Gasteiger charge is -2.19. The van der Waals surface area contributed by atoms with Crippen LogP contribution in [0.3, 0.4) is 0 Å². The maximum atomic E-state index is 11.8. The minimum atomic E-state index is -0.530. The second-order valence-corrected chi connectivity index (χ2v) is 6.09. The highest BCUT2D eigenvalue weighted by Crippen LogP contribution is 2.20. The van der Waals surface area contributed by atoms with Crippen molar-refractivity contribution >= 4 is 11.9 Å². The minimum Gasteiger partial charge on any atom is -0.444 e. The van der Waals surface area contributed by atoms with Crippen molar-refractivity contribution in [2.24, 2.45) is 0 Å². The number of pyridine rings is 1. The highest BCUT2D eigenvalue weighted by atomic mass is 16.6. The molecule has 2 aromatic rings. The molecule has 0 atom stereocenters. The largest absolute Gasteiger partial charge is 0.444 e. The lowest BCUT2D eigenvalue weighted by Crippen LogP contribution is -2.27. The lowest BCUT2D eigenvalue weighted by atomic mass is 10.1. The third-order valence-electron chi connectivity index (χ3n) is 3.04. The summed E-state index contributed by atoms with van der Waals surface area (Å²) in [5.74, 6) is 0.478. The van der Waals surface area contributed by atoms with E-state index in [2.05, 4.69) is 29.4 Å². The number of hydrogen-bond acceptors (Lipinski definition) is 3. The number of nitrogens with one attached hydrogen (secondary N) is 1. The van der Waals surface area contributed by atoms with Gasteiger partial charge in [0.15, 0.2) is 0 Å². The number of aromatic nitrogens is 1. The number of nitrogens with zero attached hydrogens (tertiary/aromatic N) is 1. The van der Waals surface area contributed by atoms with Gasteiger partial charge in [-0.15, -0.1) is 0 Å². The molecule has 4 heteroatoms. The molecule has 1 amide bonds. The molecule has 1 N–H and O–H groups in total. The Bertz CT molecular complexity index is 643. The summed E-state index contributed by atoms with van der Waals surface area (Å²) in [4.78, 5) is 16.2. The second kappa shape index (κ2) is 6.60. The third kappa shape index (κ3) is 4.58. The van der Waals surface area contributed by atoms with Gasteiger partial charge in [0.05, 0.1) is 5.69 Å². The summed E-state index contributed by atoms with van der Waals surface area (Å²) in [5.41, 5.74) is 2.59. The number of aryl methyl sites for hydroxylation is 1.